The lowest BCUT2D eigenvalue weighted by Gasteiger charge is -1.96. The zero-order valence-corrected chi connectivity index (χ0v) is 5.63. The van der Waals surface area contributed by atoms with Crippen molar-refractivity contribution in [3.05, 3.63) is 41.8 Å². The second kappa shape index (κ2) is 2.80. The van der Waals surface area contributed by atoms with Gasteiger partial charge in [-0.3, -0.25) is 0 Å². The average Bonchev–Trinajstić information content (AvgIpc) is 1.85. The number of aryl methyl sites for hydroxylation is 1. The maximum absolute atomic E-state index is 12.5. The summed E-state index contributed by atoms with van der Waals surface area (Å²) in [5.41, 5.74) is 1.30. The highest BCUT2D eigenvalue weighted by Crippen LogP contribution is 2.08. The molecule has 0 aromatic heterocycles. The zero-order chi connectivity index (χ0) is 7.56. The fourth-order valence-corrected chi connectivity index (χ4v) is 0.839. The van der Waals surface area contributed by atoms with Crippen LogP contribution in [0, 0.1) is 19.3 Å². The van der Waals surface area contributed by atoms with Gasteiger partial charge in [-0.05, 0) is 30.2 Å². The molecule has 0 aliphatic rings. The van der Waals surface area contributed by atoms with Gasteiger partial charge in [0.1, 0.15) is 12.4 Å². The molecule has 0 unspecified atom stereocenters. The molecule has 1 rings (SSSR count). The largest absolute Gasteiger partial charge is 0.385 e. The summed E-state index contributed by atoms with van der Waals surface area (Å²) in [6.07, 6.45) is 0. The Morgan fingerprint density at radius 1 is 1.40 bits per heavy atom. The van der Waals surface area contributed by atoms with Crippen LogP contribution in [-0.2, 0) is 0 Å². The van der Waals surface area contributed by atoms with E-state index in [0.29, 0.717) is 5.56 Å². The topological polar surface area (TPSA) is 20.2 Å². The minimum absolute atomic E-state index is 0.319. The summed E-state index contributed by atoms with van der Waals surface area (Å²) < 4.78 is 12.5. The van der Waals surface area contributed by atoms with E-state index in [1.54, 1.807) is 13.0 Å². The monoisotopic (exact) mass is 139 g/mol. The third-order valence-corrected chi connectivity index (χ3v) is 1.21. The van der Waals surface area contributed by atoms with Gasteiger partial charge in [-0.2, -0.15) is 0 Å². The lowest BCUT2D eigenvalue weighted by atomic mass is 10.1. The van der Waals surface area contributed by atoms with E-state index in [1.807, 2.05) is 0 Å². The van der Waals surface area contributed by atoms with Crippen LogP contribution in [0.3, 0.4) is 0 Å². The number of rotatable bonds is 1. The van der Waals surface area contributed by atoms with Gasteiger partial charge in [0, 0.05) is 0 Å². The van der Waals surface area contributed by atoms with E-state index < -0.39 is 0 Å². The van der Waals surface area contributed by atoms with Crippen molar-refractivity contribution < 1.29 is 9.50 Å². The molecule has 0 aliphatic heterocycles. The van der Waals surface area contributed by atoms with E-state index in [9.17, 15) is 4.39 Å². The highest BCUT2D eigenvalue weighted by atomic mass is 19.1. The van der Waals surface area contributed by atoms with E-state index in [1.165, 1.54) is 12.1 Å². The Morgan fingerprint density at radius 3 is 2.60 bits per heavy atom. The van der Waals surface area contributed by atoms with E-state index in [4.69, 9.17) is 5.11 Å². The van der Waals surface area contributed by atoms with Crippen LogP contribution in [0.25, 0.3) is 0 Å². The highest BCUT2D eigenvalue weighted by Gasteiger charge is 1.95. The summed E-state index contributed by atoms with van der Waals surface area (Å²) in [5, 5.41) is 8.49. The van der Waals surface area contributed by atoms with Gasteiger partial charge >= 0.3 is 0 Å². The molecular formula is C8H8FO. The molecule has 0 spiro atoms. The predicted molar refractivity (Wildman–Crippen MR) is 36.5 cm³/mol. The van der Waals surface area contributed by atoms with Crippen molar-refractivity contribution in [2.24, 2.45) is 0 Å². The summed E-state index contributed by atoms with van der Waals surface area (Å²) >= 11 is 0. The molecule has 0 atom stereocenters. The average molecular weight is 139 g/mol. The number of aliphatic hydroxyl groups is 1. The number of hydrogen-bond donors (Lipinski definition) is 1. The van der Waals surface area contributed by atoms with E-state index in [0.717, 1.165) is 12.2 Å². The van der Waals surface area contributed by atoms with Gasteiger partial charge in [-0.25, -0.2) is 4.39 Å². The molecule has 0 saturated carbocycles. The zero-order valence-electron chi connectivity index (χ0n) is 5.63. The molecule has 1 N–H and O–H groups in total. The van der Waals surface area contributed by atoms with Crippen LogP contribution in [0.1, 0.15) is 11.1 Å². The molecule has 1 aromatic rings. The summed E-state index contributed by atoms with van der Waals surface area (Å²) in [4.78, 5) is 0. The molecule has 0 fully saturated rings. The van der Waals surface area contributed by atoms with Crippen molar-refractivity contribution in [1.29, 1.82) is 0 Å². The van der Waals surface area contributed by atoms with Crippen molar-refractivity contribution >= 4 is 0 Å². The first-order valence-electron chi connectivity index (χ1n) is 2.97. The first kappa shape index (κ1) is 7.22. The van der Waals surface area contributed by atoms with Crippen LogP contribution in [0.4, 0.5) is 4.39 Å². The number of hydrogen-bond acceptors (Lipinski definition) is 1. The van der Waals surface area contributed by atoms with Crippen molar-refractivity contribution in [3.63, 3.8) is 0 Å². The van der Waals surface area contributed by atoms with Crippen molar-refractivity contribution in [2.45, 2.75) is 6.92 Å². The Hall–Kier alpha value is -0.890. The van der Waals surface area contributed by atoms with Gasteiger partial charge in [-0.1, -0.05) is 6.07 Å². The summed E-state index contributed by atoms with van der Waals surface area (Å²) in [6.45, 7) is 2.66. The van der Waals surface area contributed by atoms with Gasteiger partial charge in [0.25, 0.3) is 0 Å². The lowest BCUT2D eigenvalue weighted by Crippen LogP contribution is -1.84. The molecule has 0 amide bonds. The van der Waals surface area contributed by atoms with Crippen molar-refractivity contribution in [3.8, 4) is 0 Å². The fraction of sp³-hybridized carbons (Fsp3) is 0.125. The third kappa shape index (κ3) is 1.54. The normalized spacial score (nSPS) is 9.90. The van der Waals surface area contributed by atoms with Crippen LogP contribution in [0.5, 0.6) is 0 Å². The van der Waals surface area contributed by atoms with Crippen LogP contribution < -0.4 is 0 Å². The first-order valence-corrected chi connectivity index (χ1v) is 2.97. The Balaban J connectivity index is 3.06. The summed E-state index contributed by atoms with van der Waals surface area (Å²) in [7, 11) is 0. The van der Waals surface area contributed by atoms with Crippen LogP contribution in [0.2, 0.25) is 0 Å². The number of halogens is 1. The maximum Gasteiger partial charge on any atom is 0.123 e. The van der Waals surface area contributed by atoms with Crippen LogP contribution >= 0.6 is 0 Å². The highest BCUT2D eigenvalue weighted by molar-refractivity contribution is 5.26. The van der Waals surface area contributed by atoms with E-state index in [-0.39, 0.29) is 5.82 Å². The molecule has 1 radical (unpaired) electrons. The molecule has 0 saturated heterocycles. The Bertz CT molecular complexity index is 212. The molecule has 1 nitrogen and oxygen atoms in total. The number of aliphatic hydroxyl groups excluding tert-OH is 1. The third-order valence-electron chi connectivity index (χ3n) is 1.21. The van der Waals surface area contributed by atoms with Gasteiger partial charge in [-0.15, -0.1) is 0 Å². The Kier molecular flexibility index (Phi) is 2.02. The number of benzene rings is 1. The molecular weight excluding hydrogens is 131 g/mol. The predicted octanol–water partition coefficient (Wildman–Crippen LogP) is 2.02. The van der Waals surface area contributed by atoms with Crippen LogP contribution in [-0.4, -0.2) is 5.11 Å². The molecule has 0 aliphatic carbocycles. The fourth-order valence-electron chi connectivity index (χ4n) is 0.839. The van der Waals surface area contributed by atoms with Crippen molar-refractivity contribution in [1.82, 2.24) is 0 Å². The van der Waals surface area contributed by atoms with E-state index in [2.05, 4.69) is 0 Å². The quantitative estimate of drug-likeness (QED) is 0.631. The van der Waals surface area contributed by atoms with E-state index >= 15 is 0 Å². The SMILES string of the molecule is Cc1cc(F)cc([CH]O)c1. The van der Waals surface area contributed by atoms with Gasteiger partial charge in [0.15, 0.2) is 0 Å². The van der Waals surface area contributed by atoms with Gasteiger partial charge in [0.2, 0.25) is 0 Å². The smallest absolute Gasteiger partial charge is 0.123 e. The Morgan fingerprint density at radius 2 is 2.10 bits per heavy atom. The van der Waals surface area contributed by atoms with Crippen LogP contribution in [0.15, 0.2) is 18.2 Å². The maximum atomic E-state index is 12.5. The molecule has 2 heteroatoms. The molecule has 53 valence electrons. The standard InChI is InChI=1S/C8H8FO/c1-6-2-7(5-10)4-8(9)3-6/h2-5,10H,1H3. The minimum Gasteiger partial charge on any atom is -0.385 e. The Labute approximate surface area is 59.1 Å². The second-order valence-electron chi connectivity index (χ2n) is 2.19. The summed E-state index contributed by atoms with van der Waals surface area (Å²) in [6, 6.07) is 4.38. The van der Waals surface area contributed by atoms with Gasteiger partial charge < -0.3 is 5.11 Å². The molecule has 0 heterocycles. The molecule has 0 bridgehead atoms. The van der Waals surface area contributed by atoms with Gasteiger partial charge in [0.05, 0.1) is 0 Å². The summed E-state index contributed by atoms with van der Waals surface area (Å²) in [5.74, 6) is -0.319. The lowest BCUT2D eigenvalue weighted by molar-refractivity contribution is 0.414. The second-order valence-corrected chi connectivity index (χ2v) is 2.19. The first-order chi connectivity index (χ1) is 4.72. The molecule has 10 heavy (non-hydrogen) atoms. The van der Waals surface area contributed by atoms with Crippen molar-refractivity contribution in [2.75, 3.05) is 0 Å². The minimum atomic E-state index is -0.319. The molecule has 1 aromatic carbocycles.